The van der Waals surface area contributed by atoms with Crippen molar-refractivity contribution in [1.82, 2.24) is 4.72 Å². The Kier molecular flexibility index (Phi) is 4.72. The van der Waals surface area contributed by atoms with Crippen LogP contribution in [-0.2, 0) is 10.0 Å². The fourth-order valence-corrected chi connectivity index (χ4v) is 3.33. The van der Waals surface area contributed by atoms with Crippen molar-refractivity contribution < 1.29 is 17.9 Å². The third-order valence-corrected chi connectivity index (χ3v) is 4.66. The summed E-state index contributed by atoms with van der Waals surface area (Å²) in [6.07, 6.45) is 0.304. The number of benzene rings is 1. The Balaban J connectivity index is 2.13. The molecule has 0 saturated heterocycles. The molecular weight excluding hydrogens is 325 g/mol. The van der Waals surface area contributed by atoms with Crippen molar-refractivity contribution in [2.45, 2.75) is 11.0 Å². The first-order chi connectivity index (χ1) is 9.40. The summed E-state index contributed by atoms with van der Waals surface area (Å²) in [5.74, 6) is 0.268. The molecule has 5 nitrogen and oxygen atoms in total. The predicted molar refractivity (Wildman–Crippen MR) is 75.3 cm³/mol. The molecule has 1 atom stereocenters. The van der Waals surface area contributed by atoms with Crippen molar-refractivity contribution in [2.75, 3.05) is 6.54 Å². The van der Waals surface area contributed by atoms with E-state index >= 15 is 0 Å². The Bertz CT molecular complexity index is 685. The standard InChI is InChI=1S/C12H11Cl2NO4S/c13-8-3-4-9(14)12(6-8)20(17,18)15-7-10(16)11-2-1-5-19-11/h1-6,10,15-16H,7H2. The van der Waals surface area contributed by atoms with E-state index in [1.807, 2.05) is 0 Å². The van der Waals surface area contributed by atoms with Gasteiger partial charge in [-0.1, -0.05) is 23.2 Å². The van der Waals surface area contributed by atoms with Crippen LogP contribution < -0.4 is 4.72 Å². The third kappa shape index (κ3) is 3.53. The summed E-state index contributed by atoms with van der Waals surface area (Å²) in [6.45, 7) is -0.237. The van der Waals surface area contributed by atoms with Crippen molar-refractivity contribution in [2.24, 2.45) is 0 Å². The number of hydrogen-bond donors (Lipinski definition) is 2. The van der Waals surface area contributed by atoms with Crippen LogP contribution in [0.15, 0.2) is 45.9 Å². The molecule has 20 heavy (non-hydrogen) atoms. The molecule has 1 aromatic heterocycles. The molecule has 2 aromatic rings. The minimum Gasteiger partial charge on any atom is -0.467 e. The molecule has 1 heterocycles. The maximum atomic E-state index is 12.1. The number of furan rings is 1. The van der Waals surface area contributed by atoms with E-state index in [-0.39, 0.29) is 27.2 Å². The van der Waals surface area contributed by atoms with Crippen molar-refractivity contribution in [3.8, 4) is 0 Å². The fourth-order valence-electron chi connectivity index (χ4n) is 1.53. The summed E-state index contributed by atoms with van der Waals surface area (Å²) >= 11 is 11.6. The highest BCUT2D eigenvalue weighted by atomic mass is 35.5. The monoisotopic (exact) mass is 335 g/mol. The highest BCUT2D eigenvalue weighted by Gasteiger charge is 2.20. The Morgan fingerprint density at radius 2 is 2.05 bits per heavy atom. The SMILES string of the molecule is O=S(=O)(NCC(O)c1ccco1)c1cc(Cl)ccc1Cl. The molecule has 0 amide bonds. The largest absolute Gasteiger partial charge is 0.467 e. The second-order valence-corrected chi connectivity index (χ2v) is 6.54. The van der Waals surface area contributed by atoms with E-state index < -0.39 is 16.1 Å². The Labute approximate surface area is 126 Å². The van der Waals surface area contributed by atoms with Gasteiger partial charge in [-0.15, -0.1) is 0 Å². The third-order valence-electron chi connectivity index (χ3n) is 2.52. The summed E-state index contributed by atoms with van der Waals surface area (Å²) in [5, 5.41) is 10.1. The van der Waals surface area contributed by atoms with Gasteiger partial charge in [0.15, 0.2) is 0 Å². The molecule has 0 fully saturated rings. The molecule has 2 N–H and O–H groups in total. The lowest BCUT2D eigenvalue weighted by atomic mass is 10.3. The summed E-state index contributed by atoms with van der Waals surface area (Å²) in [5.41, 5.74) is 0. The number of rotatable bonds is 5. The quantitative estimate of drug-likeness (QED) is 0.880. The van der Waals surface area contributed by atoms with Gasteiger partial charge in [-0.05, 0) is 30.3 Å². The molecular formula is C12H11Cl2NO4S. The topological polar surface area (TPSA) is 79.5 Å². The van der Waals surface area contributed by atoms with E-state index in [1.54, 1.807) is 12.1 Å². The van der Waals surface area contributed by atoms with Gasteiger partial charge in [-0.2, -0.15) is 0 Å². The zero-order valence-electron chi connectivity index (χ0n) is 10.1. The minimum absolute atomic E-state index is 0.0504. The van der Waals surface area contributed by atoms with Crippen LogP contribution in [0.3, 0.4) is 0 Å². The molecule has 0 spiro atoms. The normalized spacial score (nSPS) is 13.3. The molecule has 108 valence electrons. The van der Waals surface area contributed by atoms with E-state index in [0.29, 0.717) is 0 Å². The zero-order chi connectivity index (χ0) is 14.8. The van der Waals surface area contributed by atoms with E-state index in [4.69, 9.17) is 27.6 Å². The molecule has 0 radical (unpaired) electrons. The Hall–Kier alpha value is -1.05. The Morgan fingerprint density at radius 1 is 1.30 bits per heavy atom. The van der Waals surface area contributed by atoms with Crippen LogP contribution in [0.5, 0.6) is 0 Å². The average molecular weight is 336 g/mol. The second-order valence-electron chi connectivity index (χ2n) is 3.96. The number of sulfonamides is 1. The average Bonchev–Trinajstić information content (AvgIpc) is 2.93. The number of aliphatic hydroxyl groups is 1. The van der Waals surface area contributed by atoms with Crippen LogP contribution in [0.4, 0.5) is 0 Å². The van der Waals surface area contributed by atoms with Crippen molar-refractivity contribution in [3.63, 3.8) is 0 Å². The summed E-state index contributed by atoms with van der Waals surface area (Å²) in [7, 11) is -3.87. The molecule has 2 rings (SSSR count). The number of hydrogen-bond acceptors (Lipinski definition) is 4. The number of aliphatic hydroxyl groups excluding tert-OH is 1. The molecule has 1 aromatic carbocycles. The molecule has 0 aliphatic carbocycles. The van der Waals surface area contributed by atoms with Gasteiger partial charge in [0.25, 0.3) is 0 Å². The molecule has 1 unspecified atom stereocenters. The maximum Gasteiger partial charge on any atom is 0.242 e. The molecule has 0 saturated carbocycles. The first kappa shape index (κ1) is 15.3. The number of halogens is 2. The van der Waals surface area contributed by atoms with Crippen LogP contribution in [0.2, 0.25) is 10.0 Å². The van der Waals surface area contributed by atoms with Gasteiger partial charge in [0, 0.05) is 11.6 Å². The summed E-state index contributed by atoms with van der Waals surface area (Å²) < 4.78 is 31.4. The van der Waals surface area contributed by atoms with Crippen LogP contribution >= 0.6 is 23.2 Å². The molecule has 0 aliphatic rings. The van der Waals surface area contributed by atoms with Gasteiger partial charge in [0.05, 0.1) is 11.3 Å². The number of nitrogens with one attached hydrogen (secondary N) is 1. The van der Waals surface area contributed by atoms with Crippen LogP contribution in [0.25, 0.3) is 0 Å². The second kappa shape index (κ2) is 6.15. The van der Waals surface area contributed by atoms with E-state index in [9.17, 15) is 13.5 Å². The smallest absolute Gasteiger partial charge is 0.242 e. The Morgan fingerprint density at radius 3 is 2.70 bits per heavy atom. The van der Waals surface area contributed by atoms with Crippen LogP contribution in [0, 0.1) is 0 Å². The van der Waals surface area contributed by atoms with E-state index in [1.165, 1.54) is 24.5 Å². The van der Waals surface area contributed by atoms with Crippen LogP contribution in [0.1, 0.15) is 11.9 Å². The molecule has 0 bridgehead atoms. The summed E-state index contributed by atoms with van der Waals surface area (Å²) in [6, 6.07) is 7.26. The van der Waals surface area contributed by atoms with Gasteiger partial charge in [-0.3, -0.25) is 0 Å². The van der Waals surface area contributed by atoms with E-state index in [0.717, 1.165) is 0 Å². The lowest BCUT2D eigenvalue weighted by Gasteiger charge is -2.11. The van der Waals surface area contributed by atoms with Crippen molar-refractivity contribution in [3.05, 3.63) is 52.4 Å². The van der Waals surface area contributed by atoms with Gasteiger partial charge in [0.2, 0.25) is 10.0 Å². The maximum absolute atomic E-state index is 12.1. The van der Waals surface area contributed by atoms with Gasteiger partial charge in [-0.25, -0.2) is 13.1 Å². The van der Waals surface area contributed by atoms with Gasteiger partial charge in [0.1, 0.15) is 16.8 Å². The first-order valence-electron chi connectivity index (χ1n) is 5.56. The highest BCUT2D eigenvalue weighted by Crippen LogP contribution is 2.25. The lowest BCUT2D eigenvalue weighted by molar-refractivity contribution is 0.154. The van der Waals surface area contributed by atoms with Crippen molar-refractivity contribution >= 4 is 33.2 Å². The first-order valence-corrected chi connectivity index (χ1v) is 7.80. The minimum atomic E-state index is -3.87. The predicted octanol–water partition coefficient (Wildman–Crippen LogP) is 2.60. The highest BCUT2D eigenvalue weighted by molar-refractivity contribution is 7.89. The lowest BCUT2D eigenvalue weighted by Crippen LogP contribution is -2.28. The zero-order valence-corrected chi connectivity index (χ0v) is 12.4. The molecule has 0 aliphatic heterocycles. The molecule has 8 heteroatoms. The van der Waals surface area contributed by atoms with Crippen molar-refractivity contribution in [1.29, 1.82) is 0 Å². The van der Waals surface area contributed by atoms with E-state index in [2.05, 4.69) is 4.72 Å². The summed E-state index contributed by atoms with van der Waals surface area (Å²) in [4.78, 5) is -0.140. The van der Waals surface area contributed by atoms with Crippen LogP contribution in [-0.4, -0.2) is 20.1 Å². The fraction of sp³-hybridized carbons (Fsp3) is 0.167. The van der Waals surface area contributed by atoms with Gasteiger partial charge >= 0.3 is 0 Å². The van der Waals surface area contributed by atoms with Gasteiger partial charge < -0.3 is 9.52 Å².